The van der Waals surface area contributed by atoms with Gasteiger partial charge in [-0.15, -0.1) is 11.3 Å². The van der Waals surface area contributed by atoms with E-state index in [2.05, 4.69) is 10.6 Å². The van der Waals surface area contributed by atoms with E-state index in [1.165, 1.54) is 11.3 Å². The molecular weight excluding hydrogens is 418 g/mol. The van der Waals surface area contributed by atoms with E-state index in [1.807, 2.05) is 37.3 Å². The number of hydrogen-bond acceptors (Lipinski definition) is 5. The third-order valence-corrected chi connectivity index (χ3v) is 5.52. The summed E-state index contributed by atoms with van der Waals surface area (Å²) in [7, 11) is 0. The van der Waals surface area contributed by atoms with Gasteiger partial charge in [0.1, 0.15) is 10.6 Å². The van der Waals surface area contributed by atoms with Crippen molar-refractivity contribution in [3.05, 3.63) is 70.6 Å². The number of anilines is 2. The van der Waals surface area contributed by atoms with Crippen molar-refractivity contribution in [2.24, 2.45) is 5.73 Å². The Balaban J connectivity index is 1.95. The molecule has 0 aliphatic rings. The lowest BCUT2D eigenvalue weighted by molar-refractivity contribution is 0.0529. The summed E-state index contributed by atoms with van der Waals surface area (Å²) in [5.74, 6) is -0.991. The van der Waals surface area contributed by atoms with Crippen LogP contribution in [0.4, 0.5) is 10.7 Å². The molecule has 0 unspecified atom stereocenters. The molecule has 3 aromatic rings. The fraction of sp³-hybridized carbons (Fsp3) is 0.136. The van der Waals surface area contributed by atoms with Gasteiger partial charge in [0.15, 0.2) is 5.11 Å². The Morgan fingerprint density at radius 1 is 1.07 bits per heavy atom. The molecule has 0 saturated heterocycles. The van der Waals surface area contributed by atoms with Crippen LogP contribution < -0.4 is 16.4 Å². The number of carbonyl (C=O) groups is 2. The minimum atomic E-state index is -0.563. The molecule has 154 valence electrons. The Morgan fingerprint density at radius 2 is 1.73 bits per heavy atom. The molecule has 30 heavy (non-hydrogen) atoms. The van der Waals surface area contributed by atoms with Crippen molar-refractivity contribution in [3.63, 3.8) is 0 Å². The quantitative estimate of drug-likeness (QED) is 0.377. The number of nitrogens with one attached hydrogen (secondary N) is 2. The van der Waals surface area contributed by atoms with Gasteiger partial charge in [0.25, 0.3) is 5.91 Å². The van der Waals surface area contributed by atoms with Crippen molar-refractivity contribution in [2.45, 2.75) is 13.8 Å². The van der Waals surface area contributed by atoms with Gasteiger partial charge in [-0.25, -0.2) is 4.79 Å². The van der Waals surface area contributed by atoms with Crippen LogP contribution in [0.2, 0.25) is 0 Å². The van der Waals surface area contributed by atoms with E-state index in [0.29, 0.717) is 21.8 Å². The molecule has 4 N–H and O–H groups in total. The summed E-state index contributed by atoms with van der Waals surface area (Å²) in [5, 5.41) is 6.86. The molecule has 0 fully saturated rings. The first kappa shape index (κ1) is 21.5. The molecular formula is C22H21N3O3S2. The van der Waals surface area contributed by atoms with Crippen molar-refractivity contribution in [2.75, 3.05) is 17.2 Å². The van der Waals surface area contributed by atoms with E-state index in [0.717, 1.165) is 16.0 Å². The number of nitrogens with two attached hydrogens (primary N) is 1. The molecule has 0 radical (unpaired) electrons. The van der Waals surface area contributed by atoms with Gasteiger partial charge < -0.3 is 21.1 Å². The van der Waals surface area contributed by atoms with Crippen LogP contribution in [-0.2, 0) is 4.74 Å². The average molecular weight is 440 g/mol. The molecule has 0 saturated carbocycles. The standard InChI is InChI=1S/C22H21N3O3S2/c1-3-28-21(27)18-17(14-9-5-4-6-10-14)13(2)30-20(18)25-22(29)24-16-12-8-7-11-15(16)19(23)26/h4-12H,3H2,1-2H3,(H2,23,26)(H2,24,25,29). The summed E-state index contributed by atoms with van der Waals surface area (Å²) < 4.78 is 5.30. The van der Waals surface area contributed by atoms with E-state index >= 15 is 0 Å². The molecule has 0 aliphatic carbocycles. The second-order valence-electron chi connectivity index (χ2n) is 6.31. The lowest BCUT2D eigenvalue weighted by atomic mass is 10.0. The zero-order valence-corrected chi connectivity index (χ0v) is 18.2. The number of benzene rings is 2. The fourth-order valence-electron chi connectivity index (χ4n) is 3.05. The number of primary amides is 1. The van der Waals surface area contributed by atoms with Crippen LogP contribution >= 0.6 is 23.6 Å². The first-order chi connectivity index (χ1) is 14.4. The highest BCUT2D eigenvalue weighted by molar-refractivity contribution is 7.80. The zero-order valence-electron chi connectivity index (χ0n) is 16.5. The lowest BCUT2D eigenvalue weighted by Crippen LogP contribution is -2.23. The number of aryl methyl sites for hydroxylation is 1. The molecule has 1 aromatic heterocycles. The Hall–Kier alpha value is -3.23. The summed E-state index contributed by atoms with van der Waals surface area (Å²) in [6.07, 6.45) is 0. The lowest BCUT2D eigenvalue weighted by Gasteiger charge is -2.13. The molecule has 8 heteroatoms. The van der Waals surface area contributed by atoms with Crippen molar-refractivity contribution < 1.29 is 14.3 Å². The number of hydrogen-bond donors (Lipinski definition) is 3. The predicted octanol–water partition coefficient (Wildman–Crippen LogP) is 4.81. The number of esters is 1. The van der Waals surface area contributed by atoms with E-state index in [9.17, 15) is 9.59 Å². The summed E-state index contributed by atoms with van der Waals surface area (Å²) >= 11 is 6.83. The number of rotatable bonds is 6. The van der Waals surface area contributed by atoms with E-state index in [4.69, 9.17) is 22.7 Å². The van der Waals surface area contributed by atoms with Gasteiger partial charge in [0.05, 0.1) is 17.9 Å². The minimum absolute atomic E-state index is 0.232. The maximum atomic E-state index is 12.8. The molecule has 2 aromatic carbocycles. The van der Waals surface area contributed by atoms with Gasteiger partial charge in [-0.3, -0.25) is 4.79 Å². The van der Waals surface area contributed by atoms with E-state index in [-0.39, 0.29) is 11.7 Å². The number of amides is 1. The van der Waals surface area contributed by atoms with Gasteiger partial charge in [-0.05, 0) is 43.8 Å². The average Bonchev–Trinajstić information content (AvgIpc) is 3.04. The maximum Gasteiger partial charge on any atom is 0.341 e. The predicted molar refractivity (Wildman–Crippen MR) is 125 cm³/mol. The molecule has 0 aliphatic heterocycles. The number of thiocarbonyl (C=S) groups is 1. The Bertz CT molecular complexity index is 1090. The van der Waals surface area contributed by atoms with Crippen LogP contribution in [0, 0.1) is 6.92 Å². The Labute approximate surface area is 184 Å². The van der Waals surface area contributed by atoms with Crippen molar-refractivity contribution in [1.29, 1.82) is 0 Å². The third kappa shape index (κ3) is 4.67. The molecule has 3 rings (SSSR count). The third-order valence-electron chi connectivity index (χ3n) is 4.29. The Kier molecular flexibility index (Phi) is 6.81. The smallest absolute Gasteiger partial charge is 0.341 e. The molecule has 1 heterocycles. The molecule has 0 bridgehead atoms. The van der Waals surface area contributed by atoms with Crippen molar-refractivity contribution >= 4 is 51.2 Å². The maximum absolute atomic E-state index is 12.8. The SMILES string of the molecule is CCOC(=O)c1c(NC(=S)Nc2ccccc2C(N)=O)sc(C)c1-c1ccccc1. The summed E-state index contributed by atoms with van der Waals surface area (Å²) in [6, 6.07) is 16.4. The highest BCUT2D eigenvalue weighted by Gasteiger charge is 2.25. The number of para-hydroxylation sites is 1. The first-order valence-electron chi connectivity index (χ1n) is 9.25. The van der Waals surface area contributed by atoms with Crippen molar-refractivity contribution in [3.8, 4) is 11.1 Å². The van der Waals surface area contributed by atoms with E-state index < -0.39 is 11.9 Å². The van der Waals surface area contributed by atoms with E-state index in [1.54, 1.807) is 31.2 Å². The van der Waals surface area contributed by atoms with Crippen LogP contribution in [0.1, 0.15) is 32.5 Å². The molecule has 0 atom stereocenters. The van der Waals surface area contributed by atoms with Gasteiger partial charge >= 0.3 is 5.97 Å². The van der Waals surface area contributed by atoms with Gasteiger partial charge in [0.2, 0.25) is 0 Å². The molecule has 1 amide bonds. The van der Waals surface area contributed by atoms with Gasteiger partial charge in [-0.2, -0.15) is 0 Å². The largest absolute Gasteiger partial charge is 0.462 e. The number of ether oxygens (including phenoxy) is 1. The Morgan fingerprint density at radius 3 is 2.40 bits per heavy atom. The highest BCUT2D eigenvalue weighted by Crippen LogP contribution is 2.40. The molecule has 0 spiro atoms. The zero-order chi connectivity index (χ0) is 21.7. The van der Waals surface area contributed by atoms with Crippen molar-refractivity contribution in [1.82, 2.24) is 0 Å². The van der Waals surface area contributed by atoms with Crippen LogP contribution in [-0.4, -0.2) is 23.6 Å². The monoisotopic (exact) mass is 439 g/mol. The molecule has 6 nitrogen and oxygen atoms in total. The number of carbonyl (C=O) groups excluding carboxylic acids is 2. The second-order valence-corrected chi connectivity index (χ2v) is 7.95. The van der Waals surface area contributed by atoms with Crippen LogP contribution in [0.25, 0.3) is 11.1 Å². The second kappa shape index (κ2) is 9.51. The van der Waals surface area contributed by atoms with Gasteiger partial charge in [-0.1, -0.05) is 42.5 Å². The van der Waals surface area contributed by atoms with Crippen LogP contribution in [0.3, 0.4) is 0 Å². The normalized spacial score (nSPS) is 10.3. The summed E-state index contributed by atoms with van der Waals surface area (Å²) in [5.41, 5.74) is 8.38. The minimum Gasteiger partial charge on any atom is -0.462 e. The summed E-state index contributed by atoms with van der Waals surface area (Å²) in [6.45, 7) is 3.97. The highest BCUT2D eigenvalue weighted by atomic mass is 32.1. The topological polar surface area (TPSA) is 93.4 Å². The van der Waals surface area contributed by atoms with Gasteiger partial charge in [0, 0.05) is 10.4 Å². The van der Waals surface area contributed by atoms with Crippen LogP contribution in [0.15, 0.2) is 54.6 Å². The first-order valence-corrected chi connectivity index (χ1v) is 10.5. The summed E-state index contributed by atoms with van der Waals surface area (Å²) in [4.78, 5) is 25.4. The fourth-order valence-corrected chi connectivity index (χ4v) is 4.39. The van der Waals surface area contributed by atoms with Crippen LogP contribution in [0.5, 0.6) is 0 Å². The number of thiophene rings is 1.